The van der Waals surface area contributed by atoms with Crippen molar-refractivity contribution in [2.45, 2.75) is 12.8 Å². The molecule has 1 fully saturated rings. The van der Waals surface area contributed by atoms with E-state index in [0.29, 0.717) is 34.2 Å². The van der Waals surface area contributed by atoms with Gasteiger partial charge in [0.25, 0.3) is 5.91 Å². The summed E-state index contributed by atoms with van der Waals surface area (Å²) in [6, 6.07) is 5.49. The van der Waals surface area contributed by atoms with Gasteiger partial charge < -0.3 is 19.9 Å². The van der Waals surface area contributed by atoms with Crippen LogP contribution in [-0.2, 0) is 4.79 Å². The Kier molecular flexibility index (Phi) is 3.42. The lowest BCUT2D eigenvalue weighted by atomic mass is 10.1. The smallest absolute Gasteiger partial charge is 0.311 e. The lowest BCUT2D eigenvalue weighted by Crippen LogP contribution is -2.33. The number of rotatable bonds is 5. The number of benzene rings is 1. The van der Waals surface area contributed by atoms with Crippen molar-refractivity contribution < 1.29 is 24.2 Å². The van der Waals surface area contributed by atoms with Gasteiger partial charge in [-0.25, -0.2) is 4.98 Å². The van der Waals surface area contributed by atoms with Crippen LogP contribution in [0.15, 0.2) is 24.4 Å². The molecule has 2 aliphatic rings. The van der Waals surface area contributed by atoms with Crippen LogP contribution in [0, 0.1) is 5.41 Å². The standard InChI is InChI=1S/C16H14N2O5S/c19-13(18-7-16(3-4-16)15(20)21)12-6-17-14(24-12)9-1-2-10-11(5-9)23-8-22-10/h1-2,5-6H,3-4,7-8H2,(H,18,19)(H,20,21). The number of nitrogens with one attached hydrogen (secondary N) is 1. The number of ether oxygens (including phenoxy) is 2. The third-order valence-corrected chi connectivity index (χ3v) is 5.29. The molecule has 0 unspecified atom stereocenters. The SMILES string of the molecule is O=C(NCC1(C(=O)O)CC1)c1cnc(-c2ccc3c(c2)OCO3)s1. The molecule has 1 aromatic heterocycles. The van der Waals surface area contributed by atoms with E-state index >= 15 is 0 Å². The summed E-state index contributed by atoms with van der Waals surface area (Å²) in [5, 5.41) is 12.5. The molecule has 7 nitrogen and oxygen atoms in total. The Balaban J connectivity index is 1.46. The van der Waals surface area contributed by atoms with Crippen LogP contribution in [0.2, 0.25) is 0 Å². The summed E-state index contributed by atoms with van der Waals surface area (Å²) in [6.45, 7) is 0.355. The zero-order valence-electron chi connectivity index (χ0n) is 12.6. The van der Waals surface area contributed by atoms with Crippen molar-refractivity contribution >= 4 is 23.2 Å². The average molecular weight is 346 g/mol. The van der Waals surface area contributed by atoms with E-state index in [2.05, 4.69) is 10.3 Å². The van der Waals surface area contributed by atoms with Crippen molar-refractivity contribution in [3.8, 4) is 22.1 Å². The molecule has 0 radical (unpaired) electrons. The number of thiazole rings is 1. The molecule has 0 bridgehead atoms. The van der Waals surface area contributed by atoms with E-state index < -0.39 is 11.4 Å². The minimum absolute atomic E-state index is 0.151. The van der Waals surface area contributed by atoms with Gasteiger partial charge in [0.05, 0.1) is 11.6 Å². The Morgan fingerprint density at radius 3 is 2.83 bits per heavy atom. The third kappa shape index (κ3) is 2.58. The molecule has 1 amide bonds. The number of carbonyl (C=O) groups is 2. The fraction of sp³-hybridized carbons (Fsp3) is 0.312. The topological polar surface area (TPSA) is 97.8 Å². The summed E-state index contributed by atoms with van der Waals surface area (Å²) in [7, 11) is 0. The highest BCUT2D eigenvalue weighted by molar-refractivity contribution is 7.16. The van der Waals surface area contributed by atoms with Crippen molar-refractivity contribution in [1.82, 2.24) is 10.3 Å². The van der Waals surface area contributed by atoms with Gasteiger partial charge in [0.15, 0.2) is 11.5 Å². The quantitative estimate of drug-likeness (QED) is 0.861. The number of fused-ring (bicyclic) bond motifs is 1. The highest BCUT2D eigenvalue weighted by atomic mass is 32.1. The van der Waals surface area contributed by atoms with Crippen LogP contribution in [0.5, 0.6) is 11.5 Å². The van der Waals surface area contributed by atoms with Crippen molar-refractivity contribution in [2.75, 3.05) is 13.3 Å². The normalized spacial score (nSPS) is 16.7. The fourth-order valence-corrected chi connectivity index (χ4v) is 3.32. The molecule has 0 saturated heterocycles. The maximum atomic E-state index is 12.2. The zero-order chi connectivity index (χ0) is 16.7. The van der Waals surface area contributed by atoms with Crippen LogP contribution >= 0.6 is 11.3 Å². The molecule has 1 aromatic carbocycles. The molecule has 1 aliphatic heterocycles. The van der Waals surface area contributed by atoms with Crippen molar-refractivity contribution in [3.05, 3.63) is 29.3 Å². The Labute approximate surface area is 141 Å². The summed E-state index contributed by atoms with van der Waals surface area (Å²) < 4.78 is 10.6. The van der Waals surface area contributed by atoms with Gasteiger partial charge in [-0.3, -0.25) is 9.59 Å². The summed E-state index contributed by atoms with van der Waals surface area (Å²) in [5.41, 5.74) is 0.0630. The number of amides is 1. The van der Waals surface area contributed by atoms with Crippen LogP contribution in [0.25, 0.3) is 10.6 Å². The number of hydrogen-bond acceptors (Lipinski definition) is 6. The summed E-state index contributed by atoms with van der Waals surface area (Å²) in [5.74, 6) is 0.197. The molecular formula is C16H14N2O5S. The van der Waals surface area contributed by atoms with E-state index in [-0.39, 0.29) is 19.2 Å². The Morgan fingerprint density at radius 1 is 1.29 bits per heavy atom. The van der Waals surface area contributed by atoms with Crippen molar-refractivity contribution in [2.24, 2.45) is 5.41 Å². The monoisotopic (exact) mass is 346 g/mol. The Bertz CT molecular complexity index is 828. The number of carboxylic acid groups (broad SMARTS) is 1. The van der Waals surface area contributed by atoms with Gasteiger partial charge in [-0.05, 0) is 31.0 Å². The first-order valence-corrected chi connectivity index (χ1v) is 8.26. The van der Waals surface area contributed by atoms with Gasteiger partial charge in [0.1, 0.15) is 9.88 Å². The molecule has 2 heterocycles. The highest BCUT2D eigenvalue weighted by Crippen LogP contribution is 2.45. The fourth-order valence-electron chi connectivity index (χ4n) is 2.50. The predicted octanol–water partition coefficient (Wildman–Crippen LogP) is 2.13. The molecule has 0 spiro atoms. The van der Waals surface area contributed by atoms with Crippen LogP contribution in [0.1, 0.15) is 22.5 Å². The number of hydrogen-bond donors (Lipinski definition) is 2. The summed E-state index contributed by atoms with van der Waals surface area (Å²) in [4.78, 5) is 28.0. The first-order chi connectivity index (χ1) is 11.6. The van der Waals surface area contributed by atoms with Gasteiger partial charge >= 0.3 is 5.97 Å². The number of nitrogens with zero attached hydrogens (tertiary/aromatic N) is 1. The van der Waals surface area contributed by atoms with Crippen LogP contribution < -0.4 is 14.8 Å². The summed E-state index contributed by atoms with van der Waals surface area (Å²) >= 11 is 1.25. The van der Waals surface area contributed by atoms with E-state index in [1.165, 1.54) is 17.5 Å². The van der Waals surface area contributed by atoms with Gasteiger partial charge in [-0.2, -0.15) is 0 Å². The lowest BCUT2D eigenvalue weighted by Gasteiger charge is -2.09. The van der Waals surface area contributed by atoms with Gasteiger partial charge in [0, 0.05) is 12.1 Å². The lowest BCUT2D eigenvalue weighted by molar-refractivity contribution is -0.143. The summed E-state index contributed by atoms with van der Waals surface area (Å²) in [6.07, 6.45) is 2.71. The van der Waals surface area contributed by atoms with E-state index in [1.54, 1.807) is 0 Å². The second kappa shape index (κ2) is 5.48. The molecule has 124 valence electrons. The Hall–Kier alpha value is -2.61. The largest absolute Gasteiger partial charge is 0.481 e. The zero-order valence-corrected chi connectivity index (χ0v) is 13.4. The molecule has 24 heavy (non-hydrogen) atoms. The van der Waals surface area contributed by atoms with Gasteiger partial charge in [-0.1, -0.05) is 0 Å². The maximum Gasteiger partial charge on any atom is 0.311 e. The molecule has 1 saturated carbocycles. The maximum absolute atomic E-state index is 12.2. The number of carboxylic acids is 1. The van der Waals surface area contributed by atoms with E-state index in [0.717, 1.165) is 5.56 Å². The number of aliphatic carboxylic acids is 1. The average Bonchev–Trinajstić information content (AvgIpc) is 3.00. The molecule has 8 heteroatoms. The van der Waals surface area contributed by atoms with Gasteiger partial charge in [-0.15, -0.1) is 11.3 Å². The molecule has 2 aromatic rings. The molecule has 4 rings (SSSR count). The van der Waals surface area contributed by atoms with E-state index in [9.17, 15) is 9.59 Å². The molecule has 0 atom stereocenters. The van der Waals surface area contributed by atoms with E-state index in [1.807, 2.05) is 18.2 Å². The van der Waals surface area contributed by atoms with E-state index in [4.69, 9.17) is 14.6 Å². The molecule has 2 N–H and O–H groups in total. The number of carbonyl (C=O) groups excluding carboxylic acids is 1. The first kappa shape index (κ1) is 14.9. The molecule has 1 aliphatic carbocycles. The van der Waals surface area contributed by atoms with Crippen molar-refractivity contribution in [3.63, 3.8) is 0 Å². The first-order valence-electron chi connectivity index (χ1n) is 7.45. The van der Waals surface area contributed by atoms with Crippen LogP contribution in [0.4, 0.5) is 0 Å². The predicted molar refractivity (Wildman–Crippen MR) is 85.3 cm³/mol. The second-order valence-electron chi connectivity index (χ2n) is 5.87. The second-order valence-corrected chi connectivity index (χ2v) is 6.90. The minimum Gasteiger partial charge on any atom is -0.481 e. The van der Waals surface area contributed by atoms with Crippen molar-refractivity contribution in [1.29, 1.82) is 0 Å². The highest BCUT2D eigenvalue weighted by Gasteiger charge is 2.50. The third-order valence-electron chi connectivity index (χ3n) is 4.24. The van der Waals surface area contributed by atoms with Gasteiger partial charge in [0.2, 0.25) is 6.79 Å². The number of aromatic nitrogens is 1. The van der Waals surface area contributed by atoms with Crippen LogP contribution in [0.3, 0.4) is 0 Å². The Morgan fingerprint density at radius 2 is 2.08 bits per heavy atom. The van der Waals surface area contributed by atoms with Crippen LogP contribution in [-0.4, -0.2) is 35.3 Å². The molecular weight excluding hydrogens is 332 g/mol. The minimum atomic E-state index is -0.854.